The third-order valence-electron chi connectivity index (χ3n) is 4.57. The van der Waals surface area contributed by atoms with Crippen LogP contribution in [0.3, 0.4) is 0 Å². The Morgan fingerprint density at radius 1 is 1.26 bits per heavy atom. The first-order valence-electron chi connectivity index (χ1n) is 7.63. The van der Waals surface area contributed by atoms with Crippen molar-refractivity contribution in [3.05, 3.63) is 0 Å². The van der Waals surface area contributed by atoms with Crippen LogP contribution >= 0.6 is 0 Å². The van der Waals surface area contributed by atoms with Crippen molar-refractivity contribution in [1.29, 1.82) is 0 Å². The van der Waals surface area contributed by atoms with Gasteiger partial charge in [0.05, 0.1) is 6.61 Å². The van der Waals surface area contributed by atoms with E-state index in [0.717, 1.165) is 26.2 Å². The quantitative estimate of drug-likeness (QED) is 0.608. The summed E-state index contributed by atoms with van der Waals surface area (Å²) in [6.07, 6.45) is 5.21. The lowest BCUT2D eigenvalue weighted by molar-refractivity contribution is 0.00350. The van der Waals surface area contributed by atoms with E-state index in [1.54, 1.807) is 7.11 Å². The molecule has 0 amide bonds. The van der Waals surface area contributed by atoms with Crippen molar-refractivity contribution >= 4 is 0 Å². The van der Waals surface area contributed by atoms with Crippen LogP contribution in [0, 0.1) is 0 Å². The van der Waals surface area contributed by atoms with Gasteiger partial charge >= 0.3 is 0 Å². The van der Waals surface area contributed by atoms with E-state index < -0.39 is 0 Å². The van der Waals surface area contributed by atoms with E-state index in [9.17, 15) is 0 Å². The second-order valence-electron chi connectivity index (χ2n) is 6.20. The predicted octanol–water partition coefficient (Wildman–Crippen LogP) is 1.42. The van der Waals surface area contributed by atoms with E-state index in [1.807, 2.05) is 0 Å². The Morgan fingerprint density at radius 2 is 1.95 bits per heavy atom. The first-order valence-corrected chi connectivity index (χ1v) is 7.63. The number of nitrogens with zero attached hydrogens (tertiary/aromatic N) is 2. The molecule has 4 nitrogen and oxygen atoms in total. The van der Waals surface area contributed by atoms with Gasteiger partial charge in [0.1, 0.15) is 0 Å². The largest absolute Gasteiger partial charge is 0.383 e. The molecule has 1 N–H and O–H groups in total. The highest BCUT2D eigenvalue weighted by molar-refractivity contribution is 4.98. The molecule has 0 saturated heterocycles. The Labute approximate surface area is 119 Å². The molecule has 4 heteroatoms. The van der Waals surface area contributed by atoms with Gasteiger partial charge in [-0.1, -0.05) is 6.92 Å². The van der Waals surface area contributed by atoms with Crippen molar-refractivity contribution in [2.45, 2.75) is 44.2 Å². The van der Waals surface area contributed by atoms with Gasteiger partial charge in [-0.25, -0.2) is 0 Å². The lowest BCUT2D eigenvalue weighted by Crippen LogP contribution is -2.59. The van der Waals surface area contributed by atoms with Crippen LogP contribution in [0.5, 0.6) is 0 Å². The van der Waals surface area contributed by atoms with Crippen molar-refractivity contribution in [3.8, 4) is 0 Å². The van der Waals surface area contributed by atoms with E-state index in [4.69, 9.17) is 4.74 Å². The van der Waals surface area contributed by atoms with Gasteiger partial charge in [-0.05, 0) is 53.4 Å². The Kier molecular flexibility index (Phi) is 7.29. The van der Waals surface area contributed by atoms with Crippen LogP contribution < -0.4 is 5.32 Å². The molecule has 0 heterocycles. The smallest absolute Gasteiger partial charge is 0.0630 e. The summed E-state index contributed by atoms with van der Waals surface area (Å²) in [4.78, 5) is 4.89. The fourth-order valence-electron chi connectivity index (χ4n) is 2.90. The number of hydrogen-bond donors (Lipinski definition) is 1. The number of nitrogens with one attached hydrogen (secondary N) is 1. The fraction of sp³-hybridized carbons (Fsp3) is 1.00. The lowest BCUT2D eigenvalue weighted by Gasteiger charge is -2.50. The second kappa shape index (κ2) is 8.20. The standard InChI is InChI=1S/C15H33N3O/c1-6-10-16-11-14(12-19-5)18(4)13-15(17(2)3)8-7-9-15/h14,16H,6-13H2,1-5H3. The third kappa shape index (κ3) is 4.71. The maximum atomic E-state index is 5.39. The summed E-state index contributed by atoms with van der Waals surface area (Å²) in [7, 11) is 8.47. The zero-order valence-electron chi connectivity index (χ0n) is 13.5. The molecular weight excluding hydrogens is 238 g/mol. The zero-order chi connectivity index (χ0) is 14.3. The monoisotopic (exact) mass is 271 g/mol. The third-order valence-corrected chi connectivity index (χ3v) is 4.57. The molecule has 1 atom stereocenters. The van der Waals surface area contributed by atoms with E-state index >= 15 is 0 Å². The Bertz CT molecular complexity index is 242. The number of hydrogen-bond acceptors (Lipinski definition) is 4. The lowest BCUT2D eigenvalue weighted by atomic mass is 9.75. The maximum absolute atomic E-state index is 5.39. The summed E-state index contributed by atoms with van der Waals surface area (Å²) in [6.45, 7) is 6.25. The topological polar surface area (TPSA) is 27.7 Å². The van der Waals surface area contributed by atoms with E-state index in [-0.39, 0.29) is 0 Å². The molecule has 0 spiro atoms. The summed E-state index contributed by atoms with van der Waals surface area (Å²) in [6, 6.07) is 0.467. The molecule has 0 aromatic carbocycles. The summed E-state index contributed by atoms with van der Waals surface area (Å²) in [5, 5.41) is 3.52. The summed E-state index contributed by atoms with van der Waals surface area (Å²) < 4.78 is 5.39. The molecule has 1 aliphatic carbocycles. The van der Waals surface area contributed by atoms with Gasteiger partial charge < -0.3 is 15.0 Å². The molecule has 114 valence electrons. The number of likely N-dealkylation sites (N-methyl/N-ethyl adjacent to an activating group) is 2. The number of methoxy groups -OCH3 is 1. The zero-order valence-corrected chi connectivity index (χ0v) is 13.5. The van der Waals surface area contributed by atoms with Crippen molar-refractivity contribution in [3.63, 3.8) is 0 Å². The normalized spacial score (nSPS) is 19.7. The molecular formula is C15H33N3O. The van der Waals surface area contributed by atoms with Crippen molar-refractivity contribution in [2.24, 2.45) is 0 Å². The average Bonchev–Trinajstić information content (AvgIpc) is 2.32. The molecule has 1 rings (SSSR count). The van der Waals surface area contributed by atoms with E-state index in [0.29, 0.717) is 11.6 Å². The van der Waals surface area contributed by atoms with Gasteiger partial charge in [-0.2, -0.15) is 0 Å². The maximum Gasteiger partial charge on any atom is 0.0630 e. The molecule has 1 aliphatic rings. The Hall–Kier alpha value is -0.160. The molecule has 0 aromatic rings. The minimum Gasteiger partial charge on any atom is -0.383 e. The Balaban J connectivity index is 2.48. The Morgan fingerprint density at radius 3 is 2.37 bits per heavy atom. The van der Waals surface area contributed by atoms with Gasteiger partial charge in [0.2, 0.25) is 0 Å². The van der Waals surface area contributed by atoms with Gasteiger partial charge in [-0.3, -0.25) is 4.90 Å². The van der Waals surface area contributed by atoms with Crippen molar-refractivity contribution < 1.29 is 4.74 Å². The SMILES string of the molecule is CCCNCC(COC)N(C)CC1(N(C)C)CCC1. The molecule has 0 radical (unpaired) electrons. The summed E-state index contributed by atoms with van der Waals surface area (Å²) in [5.74, 6) is 0. The molecule has 1 saturated carbocycles. The average molecular weight is 271 g/mol. The van der Waals surface area contributed by atoms with Crippen LogP contribution in [0.1, 0.15) is 32.6 Å². The van der Waals surface area contributed by atoms with Gasteiger partial charge in [-0.15, -0.1) is 0 Å². The van der Waals surface area contributed by atoms with Crippen LogP contribution in [0.2, 0.25) is 0 Å². The number of ether oxygens (including phenoxy) is 1. The molecule has 0 aromatic heterocycles. The van der Waals surface area contributed by atoms with E-state index in [1.165, 1.54) is 25.7 Å². The molecule has 0 aliphatic heterocycles. The molecule has 0 bridgehead atoms. The number of rotatable bonds is 10. The highest BCUT2D eigenvalue weighted by atomic mass is 16.5. The first-order chi connectivity index (χ1) is 9.05. The van der Waals surface area contributed by atoms with Crippen LogP contribution in [0.15, 0.2) is 0 Å². The minimum absolute atomic E-state index is 0.394. The molecule has 1 fully saturated rings. The molecule has 19 heavy (non-hydrogen) atoms. The van der Waals surface area contributed by atoms with Crippen LogP contribution in [-0.4, -0.2) is 75.9 Å². The first kappa shape index (κ1) is 16.9. The van der Waals surface area contributed by atoms with Gasteiger partial charge in [0.15, 0.2) is 0 Å². The van der Waals surface area contributed by atoms with Crippen LogP contribution in [0.25, 0.3) is 0 Å². The fourth-order valence-corrected chi connectivity index (χ4v) is 2.90. The summed E-state index contributed by atoms with van der Waals surface area (Å²) in [5.41, 5.74) is 0.394. The minimum atomic E-state index is 0.394. The van der Waals surface area contributed by atoms with Crippen LogP contribution in [0.4, 0.5) is 0 Å². The van der Waals surface area contributed by atoms with Gasteiger partial charge in [0.25, 0.3) is 0 Å². The highest BCUT2D eigenvalue weighted by Crippen LogP contribution is 2.36. The van der Waals surface area contributed by atoms with Crippen molar-refractivity contribution in [2.75, 3.05) is 54.5 Å². The second-order valence-corrected chi connectivity index (χ2v) is 6.20. The van der Waals surface area contributed by atoms with Gasteiger partial charge in [0, 0.05) is 31.8 Å². The van der Waals surface area contributed by atoms with E-state index in [2.05, 4.69) is 43.2 Å². The predicted molar refractivity (Wildman–Crippen MR) is 81.7 cm³/mol. The van der Waals surface area contributed by atoms with Crippen molar-refractivity contribution in [1.82, 2.24) is 15.1 Å². The summed E-state index contributed by atoms with van der Waals surface area (Å²) >= 11 is 0. The molecule has 1 unspecified atom stereocenters. The highest BCUT2D eigenvalue weighted by Gasteiger charge is 2.40. The van der Waals surface area contributed by atoms with Crippen LogP contribution in [-0.2, 0) is 4.74 Å².